The summed E-state index contributed by atoms with van der Waals surface area (Å²) in [7, 11) is 0. The number of pyridine rings is 1. The first-order valence-corrected chi connectivity index (χ1v) is 13.3. The number of hydrogen-bond acceptors (Lipinski definition) is 4. The molecule has 0 amide bonds. The van der Waals surface area contributed by atoms with Gasteiger partial charge in [0.1, 0.15) is 23.6 Å². The fraction of sp³-hybridized carbons (Fsp3) is 0.333. The van der Waals surface area contributed by atoms with E-state index in [9.17, 15) is 9.59 Å². The zero-order valence-corrected chi connectivity index (χ0v) is 20.9. The Hall–Kier alpha value is -4.00. The van der Waals surface area contributed by atoms with Crippen LogP contribution in [0, 0.1) is 6.92 Å². The van der Waals surface area contributed by atoms with Crippen LogP contribution >= 0.6 is 0 Å². The van der Waals surface area contributed by atoms with Crippen LogP contribution in [0.25, 0.3) is 44.8 Å². The molecule has 0 atom stereocenters. The van der Waals surface area contributed by atoms with Gasteiger partial charge in [-0.1, -0.05) is 50.3 Å². The Morgan fingerprint density at radius 2 is 1.73 bits per heavy atom. The van der Waals surface area contributed by atoms with E-state index < -0.39 is 0 Å². The summed E-state index contributed by atoms with van der Waals surface area (Å²) in [6.45, 7) is 2.11. The van der Waals surface area contributed by atoms with Gasteiger partial charge < -0.3 is 14.1 Å². The minimum Gasteiger partial charge on any atom is -0.488 e. The molecule has 7 rings (SSSR count). The molecule has 1 aliphatic carbocycles. The van der Waals surface area contributed by atoms with Crippen molar-refractivity contribution in [2.24, 2.45) is 0 Å². The maximum absolute atomic E-state index is 13.6. The molecule has 3 aromatic heterocycles. The normalized spacial score (nSPS) is 16.9. The molecule has 5 aromatic rings. The Kier molecular flexibility index (Phi) is 5.13. The van der Waals surface area contributed by atoms with Crippen LogP contribution in [0.1, 0.15) is 67.7 Å². The molecule has 2 N–H and O–H groups in total. The fourth-order valence-corrected chi connectivity index (χ4v) is 6.15. The van der Waals surface area contributed by atoms with Gasteiger partial charge in [0.2, 0.25) is 0 Å². The van der Waals surface area contributed by atoms with Crippen molar-refractivity contribution in [2.75, 3.05) is 6.61 Å². The van der Waals surface area contributed by atoms with E-state index in [0.29, 0.717) is 28.7 Å². The number of fused-ring (bicyclic) bond motifs is 5. The lowest BCUT2D eigenvalue weighted by Crippen LogP contribution is -2.15. The number of aromatic nitrogens is 3. The van der Waals surface area contributed by atoms with Crippen molar-refractivity contribution in [3.63, 3.8) is 0 Å². The maximum Gasteiger partial charge on any atom is 0.274 e. The lowest BCUT2D eigenvalue weighted by atomic mass is 9.96. The second-order valence-electron chi connectivity index (χ2n) is 10.4. The number of ether oxygens (including phenoxy) is 1. The highest BCUT2D eigenvalue weighted by molar-refractivity contribution is 6.13. The van der Waals surface area contributed by atoms with Crippen molar-refractivity contribution in [3.05, 3.63) is 73.7 Å². The Morgan fingerprint density at radius 1 is 0.946 bits per heavy atom. The lowest BCUT2D eigenvalue weighted by molar-refractivity contribution is 0.353. The Morgan fingerprint density at radius 3 is 2.57 bits per heavy atom. The molecule has 0 spiro atoms. The topological polar surface area (TPSA) is 93.0 Å². The molecular formula is C30H29N3O4. The van der Waals surface area contributed by atoms with Crippen molar-refractivity contribution < 1.29 is 9.15 Å². The highest BCUT2D eigenvalue weighted by Crippen LogP contribution is 2.40. The van der Waals surface area contributed by atoms with Crippen LogP contribution < -0.4 is 15.7 Å². The molecule has 4 heterocycles. The third-order valence-corrected chi connectivity index (χ3v) is 8.10. The van der Waals surface area contributed by atoms with E-state index in [4.69, 9.17) is 9.15 Å². The SMILES string of the molecule is Cc1c(=O)ccc2c1oc1c(C3=Cc4ccccc4OC3)c3c(=O)[nH]n(C4CCCCCCC4)c3[nH]c12. The standard InChI is InChI=1S/C30H29N3O4/c1-17-22(34)14-13-21-26-28(37-27(17)21)24(19-15-18-9-7-8-12-23(18)36-16-19)25-29(31-26)33(32-30(25)35)20-10-5-3-2-4-6-11-20/h7-9,12-15,20,31H,2-6,10-11,16H2,1H3,(H,32,35). The van der Waals surface area contributed by atoms with E-state index in [1.54, 1.807) is 13.0 Å². The largest absolute Gasteiger partial charge is 0.488 e. The molecule has 0 bridgehead atoms. The summed E-state index contributed by atoms with van der Waals surface area (Å²) in [4.78, 5) is 29.6. The summed E-state index contributed by atoms with van der Waals surface area (Å²) >= 11 is 0. The molecule has 2 aliphatic rings. The molecule has 1 saturated carbocycles. The summed E-state index contributed by atoms with van der Waals surface area (Å²) in [5, 5.41) is 4.58. The second-order valence-corrected chi connectivity index (χ2v) is 10.4. The van der Waals surface area contributed by atoms with Gasteiger partial charge in [-0.05, 0) is 44.0 Å². The number of H-pyrrole nitrogens is 2. The van der Waals surface area contributed by atoms with E-state index in [-0.39, 0.29) is 17.0 Å². The number of rotatable bonds is 2. The van der Waals surface area contributed by atoms with Crippen molar-refractivity contribution in [1.82, 2.24) is 14.8 Å². The summed E-state index contributed by atoms with van der Waals surface area (Å²) < 4.78 is 14.6. The molecule has 1 aliphatic heterocycles. The first kappa shape index (κ1) is 22.2. The molecule has 0 radical (unpaired) electrons. The van der Waals surface area contributed by atoms with Crippen LogP contribution in [0.3, 0.4) is 0 Å². The minimum absolute atomic E-state index is 0.0660. The van der Waals surface area contributed by atoms with Gasteiger partial charge in [-0.3, -0.25) is 19.4 Å². The summed E-state index contributed by atoms with van der Waals surface area (Å²) in [5.41, 5.74) is 5.61. The van der Waals surface area contributed by atoms with Crippen LogP contribution in [0.2, 0.25) is 0 Å². The molecule has 188 valence electrons. The van der Waals surface area contributed by atoms with E-state index >= 15 is 0 Å². The average molecular weight is 496 g/mol. The molecule has 37 heavy (non-hydrogen) atoms. The number of nitrogens with one attached hydrogen (secondary N) is 2. The van der Waals surface area contributed by atoms with Crippen molar-refractivity contribution in [2.45, 2.75) is 57.9 Å². The molecule has 7 heteroatoms. The summed E-state index contributed by atoms with van der Waals surface area (Å²) in [6, 6.07) is 11.5. The Labute approximate surface area is 212 Å². The number of aryl methyl sites for hydroxylation is 1. The third-order valence-electron chi connectivity index (χ3n) is 8.10. The van der Waals surface area contributed by atoms with E-state index in [1.165, 1.54) is 19.3 Å². The Bertz CT molecular complexity index is 1820. The monoisotopic (exact) mass is 495 g/mol. The number of para-hydroxylation sites is 1. The first-order valence-electron chi connectivity index (χ1n) is 13.3. The molecule has 2 aromatic carbocycles. The van der Waals surface area contributed by atoms with Crippen LogP contribution in [-0.2, 0) is 0 Å². The predicted octanol–water partition coefficient (Wildman–Crippen LogP) is 6.44. The molecule has 7 nitrogen and oxygen atoms in total. The molecule has 1 fully saturated rings. The number of hydrogen-bond donors (Lipinski definition) is 2. The maximum atomic E-state index is 13.6. The number of benzene rings is 2. The fourth-order valence-electron chi connectivity index (χ4n) is 6.15. The van der Waals surface area contributed by atoms with E-state index in [2.05, 4.69) is 20.8 Å². The highest BCUT2D eigenvalue weighted by Gasteiger charge is 2.27. The summed E-state index contributed by atoms with van der Waals surface area (Å²) in [6.07, 6.45) is 10.2. The molecule has 0 saturated heterocycles. The van der Waals surface area contributed by atoms with E-state index in [0.717, 1.165) is 64.7 Å². The van der Waals surface area contributed by atoms with Gasteiger partial charge in [-0.25, -0.2) is 0 Å². The van der Waals surface area contributed by atoms with Gasteiger partial charge in [-0.2, -0.15) is 0 Å². The number of furan rings is 1. The van der Waals surface area contributed by atoms with Gasteiger partial charge in [0, 0.05) is 27.6 Å². The molecular weight excluding hydrogens is 466 g/mol. The third kappa shape index (κ3) is 3.48. The van der Waals surface area contributed by atoms with Crippen molar-refractivity contribution in [3.8, 4) is 5.75 Å². The predicted molar refractivity (Wildman–Crippen MR) is 146 cm³/mol. The second kappa shape index (κ2) is 8.54. The highest BCUT2D eigenvalue weighted by atomic mass is 16.5. The Balaban J connectivity index is 1.57. The van der Waals surface area contributed by atoms with Gasteiger partial charge in [0.05, 0.1) is 16.9 Å². The number of nitrogens with zero attached hydrogens (tertiary/aromatic N) is 1. The van der Waals surface area contributed by atoms with Crippen LogP contribution in [0.15, 0.2) is 50.4 Å². The van der Waals surface area contributed by atoms with Gasteiger partial charge >= 0.3 is 0 Å². The zero-order valence-electron chi connectivity index (χ0n) is 20.9. The van der Waals surface area contributed by atoms with Crippen LogP contribution in [-0.4, -0.2) is 21.4 Å². The van der Waals surface area contributed by atoms with Crippen molar-refractivity contribution in [1.29, 1.82) is 0 Å². The van der Waals surface area contributed by atoms with Crippen molar-refractivity contribution >= 4 is 44.8 Å². The van der Waals surface area contributed by atoms with Crippen LogP contribution in [0.5, 0.6) is 5.75 Å². The zero-order chi connectivity index (χ0) is 25.1. The van der Waals surface area contributed by atoms with Crippen LogP contribution in [0.4, 0.5) is 0 Å². The first-order chi connectivity index (χ1) is 18.1. The minimum atomic E-state index is -0.147. The quantitative estimate of drug-likeness (QED) is 0.295. The van der Waals surface area contributed by atoms with Gasteiger partial charge in [-0.15, -0.1) is 0 Å². The van der Waals surface area contributed by atoms with Gasteiger partial charge in [0.25, 0.3) is 5.56 Å². The molecule has 0 unspecified atom stereocenters. The summed E-state index contributed by atoms with van der Waals surface area (Å²) in [5.74, 6) is 0.818. The lowest BCUT2D eigenvalue weighted by Gasteiger charge is -2.22. The average Bonchev–Trinajstić information content (AvgIpc) is 3.42. The van der Waals surface area contributed by atoms with Gasteiger partial charge in [0.15, 0.2) is 11.0 Å². The smallest absolute Gasteiger partial charge is 0.274 e. The van der Waals surface area contributed by atoms with E-state index in [1.807, 2.05) is 30.3 Å². The number of aromatic amines is 2.